The van der Waals surface area contributed by atoms with Crippen molar-refractivity contribution in [2.24, 2.45) is 5.92 Å². The van der Waals surface area contributed by atoms with Gasteiger partial charge in [0.05, 0.1) is 12.2 Å². The fourth-order valence-corrected chi connectivity index (χ4v) is 2.59. The maximum Gasteiger partial charge on any atom is 0.456 e. The smallest absolute Gasteiger partial charge is 0.456 e. The molecule has 1 saturated carbocycles. The van der Waals surface area contributed by atoms with E-state index in [4.69, 9.17) is 4.79 Å². The molecule has 1 atom stereocenters. The van der Waals surface area contributed by atoms with Gasteiger partial charge in [0.15, 0.2) is 6.61 Å². The second kappa shape index (κ2) is 11.0. The van der Waals surface area contributed by atoms with Crippen molar-refractivity contribution in [2.75, 3.05) is 18.5 Å². The largest absolute Gasteiger partial charge is 0.485 e. The van der Waals surface area contributed by atoms with Crippen molar-refractivity contribution in [3.8, 4) is 5.75 Å². The van der Waals surface area contributed by atoms with Crippen LogP contribution < -0.4 is 15.4 Å². The zero-order valence-corrected chi connectivity index (χ0v) is 17.7. The Morgan fingerprint density at radius 3 is 2.48 bits per heavy atom. The van der Waals surface area contributed by atoms with Gasteiger partial charge < -0.3 is 20.2 Å². The molecular weight excluding hydrogens is 451 g/mol. The lowest BCUT2D eigenvalue weighted by Crippen LogP contribution is -2.41. The first-order valence-corrected chi connectivity index (χ1v) is 9.88. The topological polar surface area (TPSA) is 93.2 Å². The molecule has 1 fully saturated rings. The normalized spacial score (nSPS) is 14.5. The molecule has 0 aromatic carbocycles. The highest BCUT2D eigenvalue weighted by Crippen LogP contribution is 2.35. The van der Waals surface area contributed by atoms with E-state index < -0.39 is 24.6 Å². The average molecular weight is 478 g/mol. The molecule has 0 saturated heterocycles. The molecule has 2 aromatic heterocycles. The van der Waals surface area contributed by atoms with Crippen LogP contribution in [0, 0.1) is 5.92 Å². The van der Waals surface area contributed by atoms with Gasteiger partial charge in [0.25, 0.3) is 5.91 Å². The first-order chi connectivity index (χ1) is 15.5. The van der Waals surface area contributed by atoms with Crippen molar-refractivity contribution in [3.05, 3.63) is 47.9 Å². The van der Waals surface area contributed by atoms with Crippen molar-refractivity contribution < 1.29 is 39.1 Å². The van der Waals surface area contributed by atoms with E-state index in [1.807, 2.05) is 12.9 Å². The Labute approximate surface area is 189 Å². The summed E-state index contributed by atoms with van der Waals surface area (Å²) in [4.78, 5) is 28.4. The number of ether oxygens (including phenoxy) is 1. The molecule has 12 heteroatoms. The van der Waals surface area contributed by atoms with Crippen molar-refractivity contribution in [1.82, 2.24) is 15.3 Å². The van der Waals surface area contributed by atoms with E-state index >= 15 is 0 Å². The van der Waals surface area contributed by atoms with E-state index in [1.54, 1.807) is 19.2 Å². The number of nitrogens with zero attached hydrogens (tertiary/aromatic N) is 2. The van der Waals surface area contributed by atoms with Crippen LogP contribution in [-0.4, -0.2) is 47.9 Å². The Morgan fingerprint density at radius 2 is 1.91 bits per heavy atom. The molecule has 1 unspecified atom stereocenters. The average Bonchev–Trinajstić information content (AvgIpc) is 3.62. The summed E-state index contributed by atoms with van der Waals surface area (Å²) in [6, 6.07) is 5.50. The Balaban J connectivity index is 0.00000282. The SMILES string of the molecule is C=O.CC(NC(=O)c1ccc(OCC(F)(F)C(F)(F)F)cn1)c1ccnc(NCC2CC2)c1.[HH].[HH]. The molecule has 7 nitrogen and oxygen atoms in total. The van der Waals surface area contributed by atoms with Gasteiger partial charge in [-0.25, -0.2) is 9.97 Å². The maximum absolute atomic E-state index is 12.9. The fraction of sp³-hybridized carbons (Fsp3) is 0.429. The number of nitrogens with one attached hydrogen (secondary N) is 2. The molecule has 2 N–H and O–H groups in total. The number of alkyl halides is 5. The van der Waals surface area contributed by atoms with Gasteiger partial charge in [-0.3, -0.25) is 4.79 Å². The third kappa shape index (κ3) is 7.65. The summed E-state index contributed by atoms with van der Waals surface area (Å²) in [6.07, 6.45) is -0.745. The van der Waals surface area contributed by atoms with Crippen molar-refractivity contribution in [2.45, 2.75) is 37.9 Å². The second-order valence-electron chi connectivity index (χ2n) is 7.36. The first kappa shape index (κ1) is 25.9. The summed E-state index contributed by atoms with van der Waals surface area (Å²) >= 11 is 0. The van der Waals surface area contributed by atoms with E-state index in [0.717, 1.165) is 24.4 Å². The minimum Gasteiger partial charge on any atom is -0.485 e. The van der Waals surface area contributed by atoms with E-state index in [1.165, 1.54) is 18.9 Å². The number of pyridine rings is 2. The van der Waals surface area contributed by atoms with Crippen molar-refractivity contribution in [1.29, 1.82) is 0 Å². The highest BCUT2D eigenvalue weighted by Gasteiger charge is 2.58. The Hall–Kier alpha value is -3.31. The molecule has 0 bridgehead atoms. The number of hydrogen-bond donors (Lipinski definition) is 2. The van der Waals surface area contributed by atoms with Crippen LogP contribution in [0.4, 0.5) is 27.8 Å². The number of rotatable bonds is 9. The van der Waals surface area contributed by atoms with Crippen molar-refractivity contribution in [3.63, 3.8) is 0 Å². The minimum absolute atomic E-state index is 0. The number of hydrogen-bond acceptors (Lipinski definition) is 6. The summed E-state index contributed by atoms with van der Waals surface area (Å²) in [7, 11) is 0. The zero-order valence-electron chi connectivity index (χ0n) is 17.7. The van der Waals surface area contributed by atoms with Gasteiger partial charge in [-0.1, -0.05) is 0 Å². The lowest BCUT2D eigenvalue weighted by molar-refractivity contribution is -0.290. The van der Waals surface area contributed by atoms with Crippen LogP contribution in [0.15, 0.2) is 36.7 Å². The highest BCUT2D eigenvalue weighted by atomic mass is 19.4. The van der Waals surface area contributed by atoms with Crippen LogP contribution in [0.3, 0.4) is 0 Å². The van der Waals surface area contributed by atoms with Gasteiger partial charge in [-0.15, -0.1) is 0 Å². The summed E-state index contributed by atoms with van der Waals surface area (Å²) < 4.78 is 66.8. The summed E-state index contributed by atoms with van der Waals surface area (Å²) in [6.45, 7) is 2.75. The van der Waals surface area contributed by atoms with Gasteiger partial charge >= 0.3 is 12.1 Å². The molecule has 33 heavy (non-hydrogen) atoms. The molecule has 1 amide bonds. The van der Waals surface area contributed by atoms with Crippen LogP contribution in [0.5, 0.6) is 5.75 Å². The zero-order chi connectivity index (χ0) is 24.6. The van der Waals surface area contributed by atoms with E-state index in [9.17, 15) is 26.7 Å². The Morgan fingerprint density at radius 1 is 1.21 bits per heavy atom. The van der Waals surface area contributed by atoms with Crippen LogP contribution in [-0.2, 0) is 4.79 Å². The number of halogens is 5. The number of aromatic nitrogens is 2. The number of carbonyl (C=O) groups excluding carboxylic acids is 2. The fourth-order valence-electron chi connectivity index (χ4n) is 2.59. The minimum atomic E-state index is -5.71. The Kier molecular flexibility index (Phi) is 8.66. The van der Waals surface area contributed by atoms with Crippen LogP contribution >= 0.6 is 0 Å². The van der Waals surface area contributed by atoms with Crippen LogP contribution in [0.1, 0.15) is 44.7 Å². The quantitative estimate of drug-likeness (QED) is 0.509. The monoisotopic (exact) mass is 478 g/mol. The van der Waals surface area contributed by atoms with E-state index in [2.05, 4.69) is 25.3 Å². The maximum atomic E-state index is 12.9. The molecule has 1 aliphatic rings. The molecule has 0 radical (unpaired) electrons. The predicted octanol–water partition coefficient (Wildman–Crippen LogP) is 4.67. The summed E-state index contributed by atoms with van der Waals surface area (Å²) in [5.74, 6) is -4.45. The number of anilines is 1. The van der Waals surface area contributed by atoms with Gasteiger partial charge in [0, 0.05) is 15.6 Å². The lowest BCUT2D eigenvalue weighted by Gasteiger charge is -2.19. The molecule has 184 valence electrons. The molecule has 1 aliphatic carbocycles. The van der Waals surface area contributed by atoms with E-state index in [0.29, 0.717) is 11.7 Å². The standard InChI is InChI=1S/C20H21F5N4O2.CH2O.2H2/c1-12(14-6-7-26-17(8-14)28-9-13-2-3-13)29-18(30)16-5-4-15(10-27-16)31-11-19(21,22)20(23,24)25;1-2;;/h4-8,10,12-13H,2-3,9,11H2,1H3,(H,26,28)(H,29,30);1H2;2*1H. The van der Waals surface area contributed by atoms with Gasteiger partial charge in [-0.05, 0) is 55.5 Å². The van der Waals surface area contributed by atoms with Gasteiger partial charge in [0.2, 0.25) is 0 Å². The Bertz CT molecular complexity index is 932. The van der Waals surface area contributed by atoms with Gasteiger partial charge in [0.1, 0.15) is 24.1 Å². The molecule has 3 rings (SSSR count). The molecule has 0 spiro atoms. The third-order valence-corrected chi connectivity index (χ3v) is 4.70. The number of amides is 1. The van der Waals surface area contributed by atoms with Crippen molar-refractivity contribution >= 4 is 18.5 Å². The summed E-state index contributed by atoms with van der Waals surface area (Å²) in [5.41, 5.74) is 0.777. The number of carbonyl (C=O) groups is 2. The predicted molar refractivity (Wildman–Crippen MR) is 113 cm³/mol. The van der Waals surface area contributed by atoms with Crippen LogP contribution in [0.25, 0.3) is 0 Å². The second-order valence-corrected chi connectivity index (χ2v) is 7.36. The first-order valence-electron chi connectivity index (χ1n) is 9.88. The molecular formula is C21H27F5N4O3. The highest BCUT2D eigenvalue weighted by molar-refractivity contribution is 5.92. The van der Waals surface area contributed by atoms with Gasteiger partial charge in [-0.2, -0.15) is 22.0 Å². The molecule has 2 aromatic rings. The molecule has 2 heterocycles. The third-order valence-electron chi connectivity index (χ3n) is 4.70. The van der Waals surface area contributed by atoms with E-state index in [-0.39, 0.29) is 20.3 Å². The summed E-state index contributed by atoms with van der Waals surface area (Å²) in [5, 5.41) is 6.00. The molecule has 0 aliphatic heterocycles. The lowest BCUT2D eigenvalue weighted by atomic mass is 10.1. The van der Waals surface area contributed by atoms with Crippen LogP contribution in [0.2, 0.25) is 0 Å².